The smallest absolute Gasteiger partial charge is 0.340 e. The van der Waals surface area contributed by atoms with Gasteiger partial charge in [-0.15, -0.1) is 0 Å². The third kappa shape index (κ3) is 4.94. The van der Waals surface area contributed by atoms with Crippen LogP contribution in [-0.2, 0) is 4.74 Å². The van der Waals surface area contributed by atoms with E-state index in [1.54, 1.807) is 51.1 Å². The minimum Gasteiger partial charge on any atom is -0.496 e. The van der Waals surface area contributed by atoms with E-state index in [9.17, 15) is 9.59 Å². The van der Waals surface area contributed by atoms with E-state index in [0.29, 0.717) is 22.9 Å². The summed E-state index contributed by atoms with van der Waals surface area (Å²) >= 11 is 0. The van der Waals surface area contributed by atoms with E-state index in [1.165, 1.54) is 27.4 Å². The van der Waals surface area contributed by atoms with Gasteiger partial charge in [-0.1, -0.05) is 12.1 Å². The third-order valence-electron chi connectivity index (χ3n) is 3.74. The van der Waals surface area contributed by atoms with Gasteiger partial charge in [0.25, 0.3) is 5.91 Å². The predicted octanol–water partition coefficient (Wildman–Crippen LogP) is 3.92. The Morgan fingerprint density at radius 3 is 1.96 bits per heavy atom. The van der Waals surface area contributed by atoms with Crippen molar-refractivity contribution in [2.45, 2.75) is 26.4 Å². The van der Waals surface area contributed by atoms with Crippen LogP contribution < -0.4 is 19.5 Å². The second kappa shape index (κ2) is 8.65. The molecule has 0 heterocycles. The van der Waals surface area contributed by atoms with Gasteiger partial charge < -0.3 is 24.3 Å². The molecular formula is C21H25NO6. The second-order valence-electron chi connectivity index (χ2n) is 6.91. The lowest BCUT2D eigenvalue weighted by atomic mass is 10.1. The van der Waals surface area contributed by atoms with Crippen molar-refractivity contribution >= 4 is 17.6 Å². The molecule has 0 saturated carbocycles. The molecule has 2 aromatic rings. The fraction of sp³-hybridized carbons (Fsp3) is 0.333. The molecule has 28 heavy (non-hydrogen) atoms. The van der Waals surface area contributed by atoms with Gasteiger partial charge in [-0.25, -0.2) is 4.79 Å². The summed E-state index contributed by atoms with van der Waals surface area (Å²) < 4.78 is 21.2. The molecule has 0 atom stereocenters. The van der Waals surface area contributed by atoms with Crippen LogP contribution in [0.3, 0.4) is 0 Å². The van der Waals surface area contributed by atoms with Gasteiger partial charge in [-0.3, -0.25) is 4.79 Å². The number of hydrogen-bond acceptors (Lipinski definition) is 6. The van der Waals surface area contributed by atoms with Crippen LogP contribution in [0.15, 0.2) is 36.4 Å². The van der Waals surface area contributed by atoms with E-state index in [0.717, 1.165) is 0 Å². The minimum absolute atomic E-state index is 0.235. The first kappa shape index (κ1) is 21.1. The number of rotatable bonds is 6. The van der Waals surface area contributed by atoms with Crippen molar-refractivity contribution in [3.05, 3.63) is 47.5 Å². The molecule has 2 rings (SSSR count). The summed E-state index contributed by atoms with van der Waals surface area (Å²) in [5.74, 6) is 0.139. The predicted molar refractivity (Wildman–Crippen MR) is 106 cm³/mol. The lowest BCUT2D eigenvalue weighted by Crippen LogP contribution is -2.25. The fourth-order valence-corrected chi connectivity index (χ4v) is 2.50. The van der Waals surface area contributed by atoms with Crippen molar-refractivity contribution in [2.75, 3.05) is 26.6 Å². The first-order valence-electron chi connectivity index (χ1n) is 8.64. The van der Waals surface area contributed by atoms with E-state index < -0.39 is 17.5 Å². The molecule has 0 saturated heterocycles. The van der Waals surface area contributed by atoms with Gasteiger partial charge in [0.15, 0.2) is 11.5 Å². The maximum Gasteiger partial charge on any atom is 0.340 e. The minimum atomic E-state index is -0.652. The molecule has 7 heteroatoms. The fourth-order valence-electron chi connectivity index (χ4n) is 2.50. The van der Waals surface area contributed by atoms with Crippen molar-refractivity contribution in [3.8, 4) is 17.2 Å². The number of benzene rings is 2. The number of methoxy groups -OCH3 is 3. The summed E-state index contributed by atoms with van der Waals surface area (Å²) in [7, 11) is 4.42. The molecular weight excluding hydrogens is 362 g/mol. The standard InChI is InChI=1S/C21H25NO6/c1-21(2,3)28-20(24)13-9-7-8-10-15(13)22-19(23)14-11-17(26-5)18(27-6)12-16(14)25-4/h7-12H,1-6H3,(H,22,23). The van der Waals surface area contributed by atoms with E-state index in [1.807, 2.05) is 0 Å². The van der Waals surface area contributed by atoms with Crippen LogP contribution in [0, 0.1) is 0 Å². The molecule has 0 aliphatic carbocycles. The zero-order valence-corrected chi connectivity index (χ0v) is 16.9. The largest absolute Gasteiger partial charge is 0.496 e. The molecule has 2 aromatic carbocycles. The van der Waals surface area contributed by atoms with Crippen LogP contribution in [0.25, 0.3) is 0 Å². The number of hydrogen-bond donors (Lipinski definition) is 1. The maximum atomic E-state index is 12.9. The van der Waals surface area contributed by atoms with Crippen LogP contribution >= 0.6 is 0 Å². The van der Waals surface area contributed by atoms with Gasteiger partial charge in [0.2, 0.25) is 0 Å². The second-order valence-corrected chi connectivity index (χ2v) is 6.91. The van der Waals surface area contributed by atoms with Crippen molar-refractivity contribution < 1.29 is 28.5 Å². The molecule has 1 N–H and O–H groups in total. The van der Waals surface area contributed by atoms with Crippen LogP contribution in [0.4, 0.5) is 5.69 Å². The SMILES string of the molecule is COc1cc(OC)c(C(=O)Nc2ccccc2C(=O)OC(C)(C)C)cc1OC. The summed E-state index contributed by atoms with van der Waals surface area (Å²) in [5, 5.41) is 2.74. The number of anilines is 1. The summed E-state index contributed by atoms with van der Waals surface area (Å²) in [4.78, 5) is 25.4. The monoisotopic (exact) mass is 387 g/mol. The quantitative estimate of drug-likeness (QED) is 0.757. The van der Waals surface area contributed by atoms with E-state index in [2.05, 4.69) is 5.32 Å². The Morgan fingerprint density at radius 2 is 1.39 bits per heavy atom. The lowest BCUT2D eigenvalue weighted by Gasteiger charge is -2.20. The highest BCUT2D eigenvalue weighted by Gasteiger charge is 2.23. The highest BCUT2D eigenvalue weighted by molar-refractivity contribution is 6.09. The van der Waals surface area contributed by atoms with Gasteiger partial charge in [-0.2, -0.15) is 0 Å². The highest BCUT2D eigenvalue weighted by Crippen LogP contribution is 2.35. The molecule has 7 nitrogen and oxygen atoms in total. The Morgan fingerprint density at radius 1 is 0.821 bits per heavy atom. The lowest BCUT2D eigenvalue weighted by molar-refractivity contribution is 0.00707. The van der Waals surface area contributed by atoms with Crippen molar-refractivity contribution in [1.29, 1.82) is 0 Å². The molecule has 0 fully saturated rings. The Labute approximate surface area is 164 Å². The van der Waals surface area contributed by atoms with Crippen molar-refractivity contribution in [1.82, 2.24) is 0 Å². The molecule has 0 unspecified atom stereocenters. The number of amides is 1. The van der Waals surface area contributed by atoms with Crippen LogP contribution in [0.5, 0.6) is 17.2 Å². The van der Waals surface area contributed by atoms with E-state index in [-0.39, 0.29) is 11.1 Å². The first-order chi connectivity index (χ1) is 13.2. The van der Waals surface area contributed by atoms with Gasteiger partial charge >= 0.3 is 5.97 Å². The topological polar surface area (TPSA) is 83.1 Å². The third-order valence-corrected chi connectivity index (χ3v) is 3.74. The van der Waals surface area contributed by atoms with Crippen molar-refractivity contribution in [3.63, 3.8) is 0 Å². The summed E-state index contributed by atoms with van der Waals surface area (Å²) in [6, 6.07) is 9.72. The Bertz CT molecular complexity index is 870. The Hall–Kier alpha value is -3.22. The Balaban J connectivity index is 2.37. The summed E-state index contributed by atoms with van der Waals surface area (Å²) in [6.07, 6.45) is 0. The normalized spacial score (nSPS) is 10.8. The van der Waals surface area contributed by atoms with Gasteiger partial charge in [-0.05, 0) is 32.9 Å². The van der Waals surface area contributed by atoms with Gasteiger partial charge in [0, 0.05) is 12.1 Å². The number of carbonyl (C=O) groups is 2. The maximum absolute atomic E-state index is 12.9. The number of carbonyl (C=O) groups excluding carboxylic acids is 2. The van der Waals surface area contributed by atoms with Gasteiger partial charge in [0.05, 0.1) is 38.1 Å². The number of ether oxygens (including phenoxy) is 4. The zero-order chi connectivity index (χ0) is 20.9. The average Bonchev–Trinajstić information content (AvgIpc) is 2.65. The molecule has 150 valence electrons. The first-order valence-corrected chi connectivity index (χ1v) is 8.64. The average molecular weight is 387 g/mol. The molecule has 0 aliphatic heterocycles. The molecule has 0 aliphatic rings. The Kier molecular flexibility index (Phi) is 6.51. The zero-order valence-electron chi connectivity index (χ0n) is 16.9. The highest BCUT2D eigenvalue weighted by atomic mass is 16.6. The van der Waals surface area contributed by atoms with Gasteiger partial charge in [0.1, 0.15) is 11.4 Å². The molecule has 0 bridgehead atoms. The summed E-state index contributed by atoms with van der Waals surface area (Å²) in [5.41, 5.74) is 0.170. The van der Waals surface area contributed by atoms with Crippen LogP contribution in [0.2, 0.25) is 0 Å². The van der Waals surface area contributed by atoms with Crippen molar-refractivity contribution in [2.24, 2.45) is 0 Å². The van der Waals surface area contributed by atoms with E-state index in [4.69, 9.17) is 18.9 Å². The molecule has 0 radical (unpaired) electrons. The number of esters is 1. The van der Waals surface area contributed by atoms with Crippen LogP contribution in [0.1, 0.15) is 41.5 Å². The summed E-state index contributed by atoms with van der Waals surface area (Å²) in [6.45, 7) is 5.34. The number of para-hydroxylation sites is 1. The molecule has 0 spiro atoms. The number of nitrogens with one attached hydrogen (secondary N) is 1. The van der Waals surface area contributed by atoms with Crippen LogP contribution in [-0.4, -0.2) is 38.8 Å². The molecule has 1 amide bonds. The molecule has 0 aromatic heterocycles. The van der Waals surface area contributed by atoms with E-state index >= 15 is 0 Å².